The number of benzene rings is 2. The molecule has 0 radical (unpaired) electrons. The van der Waals surface area contributed by atoms with Crippen LogP contribution in [-0.2, 0) is 4.79 Å². The fraction of sp³-hybridized carbons (Fsp3) is 0.200. The molecule has 2 aromatic carbocycles. The maximum absolute atomic E-state index is 12.0. The summed E-state index contributed by atoms with van der Waals surface area (Å²) in [6.07, 6.45) is 3.22. The Balaban J connectivity index is 1.87. The van der Waals surface area contributed by atoms with Crippen molar-refractivity contribution in [3.63, 3.8) is 0 Å². The zero-order chi connectivity index (χ0) is 19.4. The van der Waals surface area contributed by atoms with Gasteiger partial charge in [-0.25, -0.2) is 0 Å². The third-order valence-electron chi connectivity index (χ3n) is 4.02. The lowest BCUT2D eigenvalue weighted by Crippen LogP contribution is -2.26. The Kier molecular flexibility index (Phi) is 5.57. The Morgan fingerprint density at radius 1 is 1.30 bits per heavy atom. The zero-order valence-corrected chi connectivity index (χ0v) is 15.5. The first kappa shape index (κ1) is 18.7. The molecule has 1 aliphatic carbocycles. The third-order valence-corrected chi connectivity index (χ3v) is 5.09. The van der Waals surface area contributed by atoms with E-state index in [-0.39, 0.29) is 17.3 Å². The Morgan fingerprint density at radius 2 is 2.00 bits per heavy atom. The van der Waals surface area contributed by atoms with E-state index in [1.54, 1.807) is 12.1 Å². The van der Waals surface area contributed by atoms with Gasteiger partial charge in [0.05, 0.1) is 9.82 Å². The van der Waals surface area contributed by atoms with Gasteiger partial charge in [0.15, 0.2) is 0 Å². The van der Waals surface area contributed by atoms with Gasteiger partial charge in [0.1, 0.15) is 11.6 Å². The van der Waals surface area contributed by atoms with Crippen molar-refractivity contribution in [3.8, 4) is 6.07 Å². The van der Waals surface area contributed by atoms with Crippen LogP contribution < -0.4 is 5.32 Å². The summed E-state index contributed by atoms with van der Waals surface area (Å²) >= 11 is 1.30. The van der Waals surface area contributed by atoms with E-state index < -0.39 is 10.8 Å². The van der Waals surface area contributed by atoms with Crippen LogP contribution in [0.3, 0.4) is 0 Å². The number of amides is 1. The maximum Gasteiger partial charge on any atom is 0.283 e. The van der Waals surface area contributed by atoms with E-state index in [0.29, 0.717) is 10.5 Å². The lowest BCUT2D eigenvalue weighted by molar-refractivity contribution is -0.387. The van der Waals surface area contributed by atoms with E-state index in [4.69, 9.17) is 0 Å². The van der Waals surface area contributed by atoms with Crippen LogP contribution >= 0.6 is 11.8 Å². The highest BCUT2D eigenvalue weighted by molar-refractivity contribution is 7.99. The molecular weight excluding hydrogens is 362 g/mol. The number of hydrogen-bond donors (Lipinski definition) is 1. The highest BCUT2D eigenvalue weighted by Gasteiger charge is 2.25. The molecule has 7 heteroatoms. The van der Waals surface area contributed by atoms with Crippen molar-refractivity contribution in [2.75, 3.05) is 0 Å². The fourth-order valence-electron chi connectivity index (χ4n) is 2.39. The van der Waals surface area contributed by atoms with E-state index in [9.17, 15) is 20.2 Å². The molecule has 6 nitrogen and oxygen atoms in total. The van der Waals surface area contributed by atoms with Gasteiger partial charge in [-0.1, -0.05) is 35.5 Å². The number of rotatable bonds is 6. The molecule has 3 rings (SSSR count). The number of nitrogens with zero attached hydrogens (tertiary/aromatic N) is 2. The van der Waals surface area contributed by atoms with E-state index >= 15 is 0 Å². The van der Waals surface area contributed by atoms with Gasteiger partial charge in [-0.05, 0) is 49.6 Å². The standard InChI is InChI=1S/C20H17N3O3S/c1-13-2-7-17(8-3-13)27-19-9-4-14(11-18(19)23(25)26)10-15(12-21)20(24)22-16-5-6-16/h2-4,7-11,16H,5-6H2,1H3,(H,22,24). The Morgan fingerprint density at radius 3 is 2.59 bits per heavy atom. The van der Waals surface area contributed by atoms with Gasteiger partial charge >= 0.3 is 0 Å². The molecule has 0 bridgehead atoms. The molecule has 2 aromatic rings. The lowest BCUT2D eigenvalue weighted by Gasteiger charge is -2.05. The minimum atomic E-state index is -0.454. The molecule has 0 atom stereocenters. The second-order valence-corrected chi connectivity index (χ2v) is 7.43. The second kappa shape index (κ2) is 8.06. The van der Waals surface area contributed by atoms with Crippen molar-refractivity contribution >= 4 is 29.4 Å². The zero-order valence-electron chi connectivity index (χ0n) is 14.6. The molecule has 0 saturated heterocycles. The topological polar surface area (TPSA) is 96.0 Å². The second-order valence-electron chi connectivity index (χ2n) is 6.32. The average molecular weight is 379 g/mol. The molecule has 1 aliphatic rings. The van der Waals surface area contributed by atoms with Gasteiger partial charge in [-0.3, -0.25) is 14.9 Å². The van der Waals surface area contributed by atoms with Crippen molar-refractivity contribution in [2.45, 2.75) is 35.6 Å². The Hall–Kier alpha value is -3.11. The first-order valence-electron chi connectivity index (χ1n) is 8.42. The summed E-state index contributed by atoms with van der Waals surface area (Å²) in [4.78, 5) is 24.5. The summed E-state index contributed by atoms with van der Waals surface area (Å²) < 4.78 is 0. The number of carbonyl (C=O) groups is 1. The minimum Gasteiger partial charge on any atom is -0.349 e. The largest absolute Gasteiger partial charge is 0.349 e. The molecule has 0 heterocycles. The molecule has 27 heavy (non-hydrogen) atoms. The number of hydrogen-bond acceptors (Lipinski definition) is 5. The smallest absolute Gasteiger partial charge is 0.283 e. The minimum absolute atomic E-state index is 0.0601. The van der Waals surface area contributed by atoms with E-state index in [0.717, 1.165) is 23.3 Å². The highest BCUT2D eigenvalue weighted by atomic mass is 32.2. The first-order valence-corrected chi connectivity index (χ1v) is 9.23. The van der Waals surface area contributed by atoms with Gasteiger partial charge in [0, 0.05) is 17.0 Å². The molecule has 0 spiro atoms. The van der Waals surface area contributed by atoms with Crippen molar-refractivity contribution in [2.24, 2.45) is 0 Å². The lowest BCUT2D eigenvalue weighted by atomic mass is 10.1. The van der Waals surface area contributed by atoms with Crippen LogP contribution in [-0.4, -0.2) is 16.9 Å². The Labute approximate surface area is 161 Å². The molecular formula is C20H17N3O3S. The SMILES string of the molecule is Cc1ccc(Sc2ccc(C=C(C#N)C(=O)NC3CC3)cc2[N+](=O)[O-])cc1. The summed E-state index contributed by atoms with van der Waals surface area (Å²) in [5, 5.41) is 23.5. The Bertz CT molecular complexity index is 957. The molecule has 0 aliphatic heterocycles. The average Bonchev–Trinajstić information content (AvgIpc) is 3.46. The van der Waals surface area contributed by atoms with Crippen molar-refractivity contribution < 1.29 is 9.72 Å². The summed E-state index contributed by atoms with van der Waals surface area (Å²) in [5.41, 5.74) is 1.43. The van der Waals surface area contributed by atoms with Crippen LogP contribution in [0, 0.1) is 28.4 Å². The summed E-state index contributed by atoms with van der Waals surface area (Å²) in [7, 11) is 0. The molecule has 136 valence electrons. The van der Waals surface area contributed by atoms with Crippen molar-refractivity contribution in [1.82, 2.24) is 5.32 Å². The van der Waals surface area contributed by atoms with Gasteiger partial charge < -0.3 is 5.32 Å². The van der Waals surface area contributed by atoms with Gasteiger partial charge in [0.2, 0.25) is 0 Å². The van der Waals surface area contributed by atoms with E-state index in [1.165, 1.54) is 23.9 Å². The molecule has 0 aromatic heterocycles. The fourth-order valence-corrected chi connectivity index (χ4v) is 3.29. The summed E-state index contributed by atoms with van der Waals surface area (Å²) in [6.45, 7) is 1.98. The monoisotopic (exact) mass is 379 g/mol. The van der Waals surface area contributed by atoms with Crippen LogP contribution in [0.15, 0.2) is 57.8 Å². The molecule has 1 fully saturated rings. The number of nitriles is 1. The quantitative estimate of drug-likeness (QED) is 0.350. The number of nitro groups is 1. The van der Waals surface area contributed by atoms with Gasteiger partial charge in [0.25, 0.3) is 11.6 Å². The predicted molar refractivity (Wildman–Crippen MR) is 103 cm³/mol. The van der Waals surface area contributed by atoms with Crippen LogP contribution in [0.5, 0.6) is 0 Å². The number of nitrogens with one attached hydrogen (secondary N) is 1. The van der Waals surface area contributed by atoms with Crippen LogP contribution in [0.2, 0.25) is 0 Å². The molecule has 1 saturated carbocycles. The summed E-state index contributed by atoms with van der Waals surface area (Å²) in [5.74, 6) is -0.444. The number of aryl methyl sites for hydroxylation is 1. The van der Waals surface area contributed by atoms with Crippen LogP contribution in [0.25, 0.3) is 6.08 Å². The molecule has 1 amide bonds. The third kappa shape index (κ3) is 4.96. The summed E-state index contributed by atoms with van der Waals surface area (Å²) in [6, 6.07) is 14.4. The molecule has 0 unspecified atom stereocenters. The number of carbonyl (C=O) groups excluding carboxylic acids is 1. The predicted octanol–water partition coefficient (Wildman–Crippen LogP) is 4.24. The number of nitro benzene ring substituents is 1. The van der Waals surface area contributed by atoms with Crippen molar-refractivity contribution in [1.29, 1.82) is 5.26 Å². The van der Waals surface area contributed by atoms with Gasteiger partial charge in [-0.2, -0.15) is 5.26 Å². The van der Waals surface area contributed by atoms with Crippen molar-refractivity contribution in [3.05, 3.63) is 69.3 Å². The van der Waals surface area contributed by atoms with E-state index in [1.807, 2.05) is 37.3 Å². The van der Waals surface area contributed by atoms with Crippen LogP contribution in [0.1, 0.15) is 24.0 Å². The van der Waals surface area contributed by atoms with Crippen LogP contribution in [0.4, 0.5) is 5.69 Å². The highest BCUT2D eigenvalue weighted by Crippen LogP contribution is 2.35. The molecule has 1 N–H and O–H groups in total. The maximum atomic E-state index is 12.0. The first-order chi connectivity index (χ1) is 13.0. The van der Waals surface area contributed by atoms with E-state index in [2.05, 4.69) is 5.32 Å². The van der Waals surface area contributed by atoms with Gasteiger partial charge in [-0.15, -0.1) is 0 Å². The normalized spacial score (nSPS) is 13.7.